The molecule has 2 aliphatic heterocycles. The van der Waals surface area contributed by atoms with Crippen LogP contribution in [0.1, 0.15) is 38.3 Å². The van der Waals surface area contributed by atoms with E-state index in [0.29, 0.717) is 17.3 Å². The molecule has 1 fully saturated rings. The summed E-state index contributed by atoms with van der Waals surface area (Å²) < 4.78 is 29.8. The van der Waals surface area contributed by atoms with Crippen LogP contribution in [0.15, 0.2) is 41.7 Å². The Morgan fingerprint density at radius 3 is 2.53 bits per heavy atom. The van der Waals surface area contributed by atoms with Crippen LogP contribution in [0.3, 0.4) is 0 Å². The second-order valence-corrected chi connectivity index (χ2v) is 9.58. The fourth-order valence-electron chi connectivity index (χ4n) is 4.77. The number of anilines is 3. The number of halogens is 2. The summed E-state index contributed by atoms with van der Waals surface area (Å²) in [5, 5.41) is 13.4. The number of nitrogens with one attached hydrogen (secondary N) is 1. The molecule has 2 aliphatic rings. The molecule has 0 radical (unpaired) electrons. The molecule has 10 heteroatoms. The van der Waals surface area contributed by atoms with Crippen LogP contribution < -0.4 is 10.2 Å². The van der Waals surface area contributed by atoms with Crippen molar-refractivity contribution in [3.8, 4) is 11.3 Å². The zero-order valence-electron chi connectivity index (χ0n) is 20.5. The van der Waals surface area contributed by atoms with Crippen molar-refractivity contribution in [2.24, 2.45) is 4.99 Å². The van der Waals surface area contributed by atoms with Crippen molar-refractivity contribution >= 4 is 29.2 Å². The maximum Gasteiger partial charge on any atom is 0.227 e. The number of hydrogen-bond donors (Lipinski definition) is 2. The summed E-state index contributed by atoms with van der Waals surface area (Å²) in [5.41, 5.74) is 2.36. The van der Waals surface area contributed by atoms with Gasteiger partial charge in [-0.3, -0.25) is 9.98 Å². The molecule has 0 aliphatic carbocycles. The third-order valence-electron chi connectivity index (χ3n) is 6.70. The molecule has 8 nitrogen and oxygen atoms in total. The molecule has 36 heavy (non-hydrogen) atoms. The molecule has 1 aromatic carbocycles. The number of likely N-dealkylation sites (tertiary alicyclic amines) is 1. The van der Waals surface area contributed by atoms with Gasteiger partial charge in [-0.2, -0.15) is 0 Å². The Morgan fingerprint density at radius 2 is 1.83 bits per heavy atom. The number of nitrogens with zero attached hydrogens (tertiary/aromatic N) is 6. The monoisotopic (exact) mass is 493 g/mol. The van der Waals surface area contributed by atoms with Gasteiger partial charge in [0.1, 0.15) is 11.4 Å². The van der Waals surface area contributed by atoms with Gasteiger partial charge in [0.25, 0.3) is 0 Å². The van der Waals surface area contributed by atoms with Crippen molar-refractivity contribution < 1.29 is 13.9 Å². The van der Waals surface area contributed by atoms with Crippen molar-refractivity contribution in [3.05, 3.63) is 54.0 Å². The van der Waals surface area contributed by atoms with Gasteiger partial charge in [0, 0.05) is 23.2 Å². The number of aliphatic hydroxyl groups excluding tert-OH is 1. The normalized spacial score (nSPS) is 18.5. The highest BCUT2D eigenvalue weighted by Crippen LogP contribution is 2.40. The lowest BCUT2D eigenvalue weighted by Crippen LogP contribution is -2.43. The lowest BCUT2D eigenvalue weighted by atomic mass is 9.93. The average Bonchev–Trinajstić information content (AvgIpc) is 2.85. The van der Waals surface area contributed by atoms with Gasteiger partial charge in [-0.05, 0) is 71.1 Å². The van der Waals surface area contributed by atoms with Gasteiger partial charge in [0.05, 0.1) is 30.0 Å². The first-order valence-electron chi connectivity index (χ1n) is 12.1. The minimum absolute atomic E-state index is 0.0575. The highest BCUT2D eigenvalue weighted by Gasteiger charge is 2.28. The molecule has 0 saturated carbocycles. The Morgan fingerprint density at radius 1 is 1.06 bits per heavy atom. The van der Waals surface area contributed by atoms with Gasteiger partial charge in [0.15, 0.2) is 17.9 Å². The van der Waals surface area contributed by atoms with Gasteiger partial charge in [-0.15, -0.1) is 0 Å². The molecular formula is C26H29F2N7O. The molecule has 4 heterocycles. The Balaban J connectivity index is 1.41. The maximum atomic E-state index is 15.0. The van der Waals surface area contributed by atoms with Gasteiger partial charge in [0.2, 0.25) is 5.95 Å². The molecule has 5 rings (SSSR count). The number of fused-ring (bicyclic) bond motifs is 1. The number of pyridine rings is 1. The SMILES string of the molecule is CC(C)N1c2cc(-c3nc(Nc4ccc(C5CCN(C)CC5)nc4)ncc3F)cc(F)c2N=CC1O. The minimum atomic E-state index is -1.01. The Labute approximate surface area is 208 Å². The van der Waals surface area contributed by atoms with Gasteiger partial charge < -0.3 is 20.2 Å². The van der Waals surface area contributed by atoms with Crippen LogP contribution in [0.25, 0.3) is 11.3 Å². The lowest BCUT2D eigenvalue weighted by molar-refractivity contribution is 0.229. The van der Waals surface area contributed by atoms with Crippen LogP contribution in [0.2, 0.25) is 0 Å². The predicted octanol–water partition coefficient (Wildman–Crippen LogP) is 4.62. The van der Waals surface area contributed by atoms with Crippen LogP contribution in [0.4, 0.5) is 31.8 Å². The molecule has 2 aromatic heterocycles. The first-order valence-corrected chi connectivity index (χ1v) is 12.1. The zero-order chi connectivity index (χ0) is 25.4. The van der Waals surface area contributed by atoms with E-state index >= 15 is 0 Å². The van der Waals surface area contributed by atoms with Crippen molar-refractivity contribution in [2.45, 2.75) is 44.9 Å². The van der Waals surface area contributed by atoms with Crippen molar-refractivity contribution in [2.75, 3.05) is 30.4 Å². The standard InChI is InChI=1S/C26H29F2N7O/c1-15(2)35-22-11-17(10-19(27)25(22)30-14-23(35)36)24-20(28)13-31-26(33-24)32-18-4-5-21(29-12-18)16-6-8-34(3)9-7-16/h4-5,10-16,23,36H,6-9H2,1-3H3,(H,31,32,33). The van der Waals surface area contributed by atoms with Crippen molar-refractivity contribution in [3.63, 3.8) is 0 Å². The van der Waals surface area contributed by atoms with Crippen molar-refractivity contribution in [1.29, 1.82) is 0 Å². The fraction of sp³-hybridized carbons (Fsp3) is 0.385. The summed E-state index contributed by atoms with van der Waals surface area (Å²) in [6.07, 6.45) is 5.20. The Hall–Kier alpha value is -3.50. The number of benzene rings is 1. The van der Waals surface area contributed by atoms with E-state index < -0.39 is 17.9 Å². The first kappa shape index (κ1) is 24.2. The largest absolute Gasteiger partial charge is 0.368 e. The minimum Gasteiger partial charge on any atom is -0.368 e. The molecular weight excluding hydrogens is 464 g/mol. The highest BCUT2D eigenvalue weighted by molar-refractivity contribution is 5.86. The van der Waals surface area contributed by atoms with Crippen LogP contribution in [0.5, 0.6) is 0 Å². The number of piperidine rings is 1. The highest BCUT2D eigenvalue weighted by atomic mass is 19.1. The van der Waals surface area contributed by atoms with E-state index in [9.17, 15) is 13.9 Å². The molecule has 0 bridgehead atoms. The molecule has 3 aromatic rings. The van der Waals surface area contributed by atoms with E-state index in [1.54, 1.807) is 17.2 Å². The second-order valence-electron chi connectivity index (χ2n) is 9.58. The molecule has 188 valence electrons. The number of rotatable bonds is 5. The van der Waals surface area contributed by atoms with Crippen LogP contribution in [-0.4, -0.2) is 63.6 Å². The van der Waals surface area contributed by atoms with E-state index in [1.165, 1.54) is 12.3 Å². The summed E-state index contributed by atoms with van der Waals surface area (Å²) in [6, 6.07) is 6.54. The van der Waals surface area contributed by atoms with E-state index in [2.05, 4.69) is 37.2 Å². The molecule has 0 amide bonds. The third-order valence-corrected chi connectivity index (χ3v) is 6.70. The Bertz CT molecular complexity index is 1270. The van der Waals surface area contributed by atoms with Crippen LogP contribution in [0, 0.1) is 11.6 Å². The van der Waals surface area contributed by atoms with Crippen LogP contribution >= 0.6 is 0 Å². The van der Waals surface area contributed by atoms with Crippen LogP contribution in [-0.2, 0) is 0 Å². The molecule has 2 N–H and O–H groups in total. The molecule has 1 unspecified atom stereocenters. The number of aliphatic imine (C=N–C) groups is 1. The summed E-state index contributed by atoms with van der Waals surface area (Å²) in [4.78, 5) is 21.0. The number of aliphatic hydroxyl groups is 1. The maximum absolute atomic E-state index is 15.0. The van der Waals surface area contributed by atoms with Gasteiger partial charge >= 0.3 is 0 Å². The van der Waals surface area contributed by atoms with E-state index in [0.717, 1.165) is 37.8 Å². The van der Waals surface area contributed by atoms with Crippen molar-refractivity contribution in [1.82, 2.24) is 19.9 Å². The Kier molecular flexibility index (Phi) is 6.63. The smallest absolute Gasteiger partial charge is 0.227 e. The van der Waals surface area contributed by atoms with E-state index in [4.69, 9.17) is 0 Å². The summed E-state index contributed by atoms with van der Waals surface area (Å²) in [7, 11) is 2.13. The number of aromatic nitrogens is 3. The summed E-state index contributed by atoms with van der Waals surface area (Å²) in [5.74, 6) is -0.711. The third kappa shape index (κ3) is 4.78. The summed E-state index contributed by atoms with van der Waals surface area (Å²) >= 11 is 0. The summed E-state index contributed by atoms with van der Waals surface area (Å²) in [6.45, 7) is 5.86. The van der Waals surface area contributed by atoms with Gasteiger partial charge in [-0.1, -0.05) is 0 Å². The average molecular weight is 494 g/mol. The fourth-order valence-corrected chi connectivity index (χ4v) is 4.77. The molecule has 0 spiro atoms. The quantitative estimate of drug-likeness (QED) is 0.536. The predicted molar refractivity (Wildman–Crippen MR) is 136 cm³/mol. The van der Waals surface area contributed by atoms with Gasteiger partial charge in [-0.25, -0.2) is 18.7 Å². The first-order chi connectivity index (χ1) is 17.3. The number of hydrogen-bond acceptors (Lipinski definition) is 8. The molecule has 1 atom stereocenters. The second kappa shape index (κ2) is 9.87. The zero-order valence-corrected chi connectivity index (χ0v) is 20.5. The topological polar surface area (TPSA) is 89.8 Å². The lowest BCUT2D eigenvalue weighted by Gasteiger charge is -2.35. The van der Waals surface area contributed by atoms with E-state index in [1.807, 2.05) is 26.0 Å². The van der Waals surface area contributed by atoms with E-state index in [-0.39, 0.29) is 28.9 Å². The molecule has 1 saturated heterocycles.